The van der Waals surface area contributed by atoms with Crippen LogP contribution in [0.5, 0.6) is 5.75 Å². The van der Waals surface area contributed by atoms with Gasteiger partial charge in [0.2, 0.25) is 18.7 Å². The van der Waals surface area contributed by atoms with Crippen molar-refractivity contribution < 1.29 is 40.7 Å². The first kappa shape index (κ1) is 40.0. The summed E-state index contributed by atoms with van der Waals surface area (Å²) in [4.78, 5) is 42.1. The minimum Gasteiger partial charge on any atom is -0.484 e. The van der Waals surface area contributed by atoms with Crippen molar-refractivity contribution in [3.05, 3.63) is 172 Å². The molecule has 6 rings (SSSR count). The van der Waals surface area contributed by atoms with Crippen molar-refractivity contribution in [2.75, 3.05) is 6.61 Å². The molecule has 1 aliphatic rings. The monoisotopic (exact) mass is 810 g/mol. The Morgan fingerprint density at radius 1 is 0.714 bits per heavy atom. The van der Waals surface area contributed by atoms with Crippen LogP contribution < -0.4 is 10.1 Å². The summed E-state index contributed by atoms with van der Waals surface area (Å²) in [6.07, 6.45) is -1.06. The van der Waals surface area contributed by atoms with E-state index in [0.717, 1.165) is 23.0 Å². The molecule has 5 aromatic rings. The highest BCUT2D eigenvalue weighted by Crippen LogP contribution is 2.42. The van der Waals surface area contributed by atoms with Crippen molar-refractivity contribution in [3.8, 4) is 5.75 Å². The van der Waals surface area contributed by atoms with Crippen molar-refractivity contribution >= 4 is 47.3 Å². The van der Waals surface area contributed by atoms with Crippen LogP contribution in [-0.2, 0) is 37.8 Å². The normalized spacial score (nSPS) is 16.1. The second kappa shape index (κ2) is 17.0. The number of β-lactam (4-membered cyclic amide) rings is 1. The fourth-order valence-electron chi connectivity index (χ4n) is 5.88. The van der Waals surface area contributed by atoms with Crippen LogP contribution >= 0.6 is 10.8 Å². The number of likely N-dealkylation sites (tertiary alicyclic amines) is 1. The highest BCUT2D eigenvalue weighted by atomic mass is 33.1. The van der Waals surface area contributed by atoms with Gasteiger partial charge in [-0.25, -0.2) is 21.6 Å². The topological polar surface area (TPSA) is 153 Å². The van der Waals surface area contributed by atoms with Crippen LogP contribution in [-0.4, -0.2) is 57.5 Å². The zero-order valence-electron chi connectivity index (χ0n) is 30.6. The molecule has 0 aliphatic carbocycles. The molecular formula is C42H38N2O9S3. The predicted molar refractivity (Wildman–Crippen MR) is 212 cm³/mol. The molecule has 1 fully saturated rings. The number of allylic oxidation sites excluding steroid dienone is 1. The first-order valence-electron chi connectivity index (χ1n) is 17.4. The van der Waals surface area contributed by atoms with E-state index in [1.54, 1.807) is 129 Å². The van der Waals surface area contributed by atoms with Gasteiger partial charge >= 0.3 is 5.97 Å². The first-order chi connectivity index (χ1) is 26.8. The zero-order chi connectivity index (χ0) is 40.0. The van der Waals surface area contributed by atoms with Crippen LogP contribution in [0.4, 0.5) is 0 Å². The fourth-order valence-corrected chi connectivity index (χ4v) is 10.6. The fraction of sp³-hybridized carbons (Fsp3) is 0.167. The summed E-state index contributed by atoms with van der Waals surface area (Å²) in [5.74, 6) is -2.51. The highest BCUT2D eigenvalue weighted by Gasteiger charge is 2.55. The van der Waals surface area contributed by atoms with Crippen LogP contribution in [0.25, 0.3) is 0 Å². The lowest BCUT2D eigenvalue weighted by atomic mass is 10.0. The Hall–Kier alpha value is -5.70. The van der Waals surface area contributed by atoms with Gasteiger partial charge in [0, 0.05) is 10.8 Å². The Labute approximate surface area is 329 Å². The van der Waals surface area contributed by atoms with Crippen LogP contribution in [0.3, 0.4) is 0 Å². The maximum atomic E-state index is 14.7. The Morgan fingerprint density at radius 3 is 1.71 bits per heavy atom. The summed E-state index contributed by atoms with van der Waals surface area (Å²) in [6.45, 7) is 4.22. The van der Waals surface area contributed by atoms with E-state index < -0.39 is 71.2 Å². The number of nitrogens with one attached hydrogen (secondary N) is 1. The largest absolute Gasteiger partial charge is 0.484 e. The number of hydrogen-bond acceptors (Lipinski definition) is 10. The average Bonchev–Trinajstić information content (AvgIpc) is 3.20. The SMILES string of the molecule is CC(=C(C(=O)OC(c1ccccc1)c1ccccc1)N1C(=O)[C@@H](NC(=O)COc2ccccc2)[C@H]1SS(=O)(=O)c1ccc(C)cc1)S(=O)(=O)c1ccc(C)cc1. The number of carbonyl (C=O) groups is 3. The number of esters is 1. The maximum absolute atomic E-state index is 14.7. The van der Waals surface area contributed by atoms with Gasteiger partial charge in [0.1, 0.15) is 22.9 Å². The van der Waals surface area contributed by atoms with Gasteiger partial charge in [-0.2, -0.15) is 0 Å². The third kappa shape index (κ3) is 8.88. The lowest BCUT2D eigenvalue weighted by molar-refractivity contribution is -0.154. The van der Waals surface area contributed by atoms with Gasteiger partial charge in [-0.15, -0.1) is 0 Å². The molecular weight excluding hydrogens is 773 g/mol. The molecule has 5 aromatic carbocycles. The van der Waals surface area contributed by atoms with Crippen LogP contribution in [0.1, 0.15) is 35.3 Å². The Balaban J connectivity index is 1.44. The number of amides is 2. The van der Waals surface area contributed by atoms with Crippen LogP contribution in [0.15, 0.2) is 160 Å². The van der Waals surface area contributed by atoms with E-state index in [4.69, 9.17) is 9.47 Å². The summed E-state index contributed by atoms with van der Waals surface area (Å²) in [6, 6.07) is 36.3. The molecule has 0 radical (unpaired) electrons. The minimum absolute atomic E-state index is 0.102. The molecule has 1 heterocycles. The molecule has 14 heteroatoms. The van der Waals surface area contributed by atoms with E-state index in [2.05, 4.69) is 5.32 Å². The quantitative estimate of drug-likeness (QED) is 0.0570. The van der Waals surface area contributed by atoms with E-state index in [0.29, 0.717) is 27.7 Å². The number of benzene rings is 5. The molecule has 1 saturated heterocycles. The third-order valence-corrected chi connectivity index (χ3v) is 14.5. The molecule has 11 nitrogen and oxygen atoms in total. The lowest BCUT2D eigenvalue weighted by Crippen LogP contribution is -2.70. The molecule has 56 heavy (non-hydrogen) atoms. The number of sulfone groups is 1. The standard InChI is InChI=1S/C42H38N2O9S3/c1-28-19-23-34(24-20-28)55(48,49)30(3)38(42(47)53-39(31-13-7-4-8-14-31)32-15-9-5-10-16-32)44-40(46)37(43-36(45)27-52-33-17-11-6-12-18-33)41(44)54-56(50,51)35-25-21-29(2)22-26-35/h4-26,37,39,41H,27H2,1-3H3,(H,43,45)/t37-,41-/m1/s1. The second-order valence-electron chi connectivity index (χ2n) is 12.9. The van der Waals surface area contributed by atoms with E-state index in [9.17, 15) is 31.2 Å². The molecule has 1 aliphatic heterocycles. The van der Waals surface area contributed by atoms with E-state index in [1.807, 2.05) is 0 Å². The summed E-state index contributed by atoms with van der Waals surface area (Å²) < 4.78 is 68.1. The number of hydrogen-bond donors (Lipinski definition) is 1. The predicted octanol–water partition coefficient (Wildman–Crippen LogP) is 6.50. The van der Waals surface area contributed by atoms with Crippen LogP contribution in [0, 0.1) is 13.8 Å². The number of ether oxygens (including phenoxy) is 2. The number of aryl methyl sites for hydroxylation is 2. The number of para-hydroxylation sites is 1. The van der Waals surface area contributed by atoms with Gasteiger partial charge in [0.25, 0.3) is 11.8 Å². The average molecular weight is 811 g/mol. The lowest BCUT2D eigenvalue weighted by Gasteiger charge is -2.46. The van der Waals surface area contributed by atoms with Crippen molar-refractivity contribution in [1.29, 1.82) is 0 Å². The molecule has 0 aromatic heterocycles. The molecule has 0 bridgehead atoms. The van der Waals surface area contributed by atoms with E-state index in [1.165, 1.54) is 24.3 Å². The van der Waals surface area contributed by atoms with Crippen molar-refractivity contribution in [2.45, 2.75) is 48.1 Å². The van der Waals surface area contributed by atoms with Gasteiger partial charge in [-0.1, -0.05) is 114 Å². The van der Waals surface area contributed by atoms with Crippen molar-refractivity contribution in [3.63, 3.8) is 0 Å². The summed E-state index contributed by atoms with van der Waals surface area (Å²) in [7, 11) is -8.49. The number of carbonyl (C=O) groups excluding carboxylic acids is 3. The smallest absolute Gasteiger partial charge is 0.357 e. The minimum atomic E-state index is -4.49. The van der Waals surface area contributed by atoms with Crippen molar-refractivity contribution in [1.82, 2.24) is 10.2 Å². The summed E-state index contributed by atoms with van der Waals surface area (Å²) >= 11 is 0. The highest BCUT2D eigenvalue weighted by molar-refractivity contribution is 8.72. The van der Waals surface area contributed by atoms with Gasteiger partial charge in [-0.05, 0) is 68.3 Å². The third-order valence-electron chi connectivity index (χ3n) is 8.94. The molecule has 0 saturated carbocycles. The summed E-state index contributed by atoms with van der Waals surface area (Å²) in [5.41, 5.74) is 1.99. The van der Waals surface area contributed by atoms with Gasteiger partial charge in [0.15, 0.2) is 12.7 Å². The molecule has 288 valence electrons. The maximum Gasteiger partial charge on any atom is 0.357 e. The molecule has 1 N–H and O–H groups in total. The first-order valence-corrected chi connectivity index (χ1v) is 21.8. The molecule has 0 spiro atoms. The Morgan fingerprint density at radius 2 is 1.20 bits per heavy atom. The Bertz CT molecular complexity index is 2420. The molecule has 0 unspecified atom stereocenters. The summed E-state index contributed by atoms with van der Waals surface area (Å²) in [5, 5.41) is 1.02. The van der Waals surface area contributed by atoms with E-state index >= 15 is 0 Å². The zero-order valence-corrected chi connectivity index (χ0v) is 33.0. The Kier molecular flexibility index (Phi) is 12.1. The van der Waals surface area contributed by atoms with Crippen LogP contribution in [0.2, 0.25) is 0 Å². The van der Waals surface area contributed by atoms with Gasteiger partial charge < -0.3 is 14.8 Å². The molecule has 2 atom stereocenters. The van der Waals surface area contributed by atoms with Crippen molar-refractivity contribution in [2.24, 2.45) is 0 Å². The second-order valence-corrected chi connectivity index (χ2v) is 19.0. The number of rotatable bonds is 14. The van der Waals surface area contributed by atoms with Gasteiger partial charge in [0.05, 0.1) is 14.7 Å². The number of nitrogens with zero attached hydrogens (tertiary/aromatic N) is 1. The molecule has 2 amide bonds. The van der Waals surface area contributed by atoms with Gasteiger partial charge in [-0.3, -0.25) is 14.5 Å². The van der Waals surface area contributed by atoms with E-state index in [-0.39, 0.29) is 9.79 Å².